The number of rotatable bonds is 10. The van der Waals surface area contributed by atoms with Crippen LogP contribution in [0.1, 0.15) is 27.7 Å². The Morgan fingerprint density at radius 1 is 0.800 bits per heavy atom. The van der Waals surface area contributed by atoms with E-state index in [1.54, 1.807) is 0 Å². The molecule has 2 aromatic rings. The molecule has 5 heteroatoms. The SMILES string of the molecule is CCO[Si](CC)(OCC)OC(C)P(c1ccccc1)c1ccccc1. The van der Waals surface area contributed by atoms with Gasteiger partial charge in [-0.3, -0.25) is 0 Å². The van der Waals surface area contributed by atoms with Crippen LogP contribution in [0, 0.1) is 0 Å². The van der Waals surface area contributed by atoms with Crippen molar-refractivity contribution in [3.8, 4) is 0 Å². The molecule has 0 radical (unpaired) electrons. The molecule has 1 atom stereocenters. The van der Waals surface area contributed by atoms with Crippen LogP contribution in [0.5, 0.6) is 0 Å². The summed E-state index contributed by atoms with van der Waals surface area (Å²) < 4.78 is 18.6. The summed E-state index contributed by atoms with van der Waals surface area (Å²) in [7, 11) is -3.30. The van der Waals surface area contributed by atoms with Crippen LogP contribution in [0.4, 0.5) is 0 Å². The van der Waals surface area contributed by atoms with Crippen LogP contribution in [0.15, 0.2) is 60.7 Å². The average Bonchev–Trinajstić information content (AvgIpc) is 2.64. The van der Waals surface area contributed by atoms with E-state index in [1.807, 2.05) is 13.8 Å². The van der Waals surface area contributed by atoms with E-state index in [2.05, 4.69) is 74.5 Å². The van der Waals surface area contributed by atoms with E-state index in [0.717, 1.165) is 6.04 Å². The third-order valence-electron chi connectivity index (χ3n) is 3.94. The second kappa shape index (κ2) is 10.2. The van der Waals surface area contributed by atoms with E-state index in [9.17, 15) is 0 Å². The highest BCUT2D eigenvalue weighted by atomic mass is 31.1. The second-order valence-corrected chi connectivity index (χ2v) is 11.0. The lowest BCUT2D eigenvalue weighted by Crippen LogP contribution is -2.48. The summed E-state index contributed by atoms with van der Waals surface area (Å²) in [6.45, 7) is 9.48. The quantitative estimate of drug-likeness (QED) is 0.451. The Hall–Kier alpha value is -1.03. The number of hydrogen-bond donors (Lipinski definition) is 0. The molecule has 0 N–H and O–H groups in total. The van der Waals surface area contributed by atoms with E-state index in [4.69, 9.17) is 13.3 Å². The maximum Gasteiger partial charge on any atom is 0.501 e. The summed E-state index contributed by atoms with van der Waals surface area (Å²) in [5, 5.41) is 2.62. The Balaban J connectivity index is 2.33. The van der Waals surface area contributed by atoms with Gasteiger partial charge in [0.05, 0.1) is 5.85 Å². The van der Waals surface area contributed by atoms with Crippen molar-refractivity contribution in [1.29, 1.82) is 0 Å². The first-order valence-electron chi connectivity index (χ1n) is 9.00. The van der Waals surface area contributed by atoms with Crippen LogP contribution in [0.3, 0.4) is 0 Å². The van der Waals surface area contributed by atoms with Crippen LogP contribution in [-0.4, -0.2) is 27.9 Å². The molecule has 25 heavy (non-hydrogen) atoms. The van der Waals surface area contributed by atoms with Crippen molar-refractivity contribution in [2.45, 2.75) is 39.6 Å². The molecule has 0 aliphatic carbocycles. The molecular weight excluding hydrogens is 347 g/mol. The van der Waals surface area contributed by atoms with Gasteiger partial charge in [-0.2, -0.15) is 0 Å². The van der Waals surface area contributed by atoms with Crippen molar-refractivity contribution >= 4 is 27.3 Å². The Kier molecular flexibility index (Phi) is 8.27. The fraction of sp³-hybridized carbons (Fsp3) is 0.400. The molecule has 0 spiro atoms. The first-order valence-corrected chi connectivity index (χ1v) is 12.3. The predicted octanol–water partition coefficient (Wildman–Crippen LogP) is 4.51. The Morgan fingerprint density at radius 2 is 1.24 bits per heavy atom. The summed E-state index contributed by atoms with van der Waals surface area (Å²) >= 11 is 0. The zero-order valence-electron chi connectivity index (χ0n) is 15.6. The van der Waals surface area contributed by atoms with Gasteiger partial charge < -0.3 is 13.3 Å². The molecule has 0 bridgehead atoms. The molecule has 3 nitrogen and oxygen atoms in total. The van der Waals surface area contributed by atoms with Crippen LogP contribution in [0.25, 0.3) is 0 Å². The first-order chi connectivity index (χ1) is 12.2. The van der Waals surface area contributed by atoms with Gasteiger partial charge in [-0.05, 0) is 39.3 Å². The summed E-state index contributed by atoms with van der Waals surface area (Å²) in [6.07, 6.45) is 0. The van der Waals surface area contributed by atoms with E-state index < -0.39 is 16.7 Å². The minimum Gasteiger partial charge on any atom is -0.374 e. The summed E-state index contributed by atoms with van der Waals surface area (Å²) in [6, 6.07) is 22.0. The zero-order chi connectivity index (χ0) is 18.1. The molecule has 0 saturated heterocycles. The highest BCUT2D eigenvalue weighted by Crippen LogP contribution is 2.41. The Bertz CT molecular complexity index is 563. The van der Waals surface area contributed by atoms with E-state index >= 15 is 0 Å². The van der Waals surface area contributed by atoms with E-state index in [-0.39, 0.29) is 5.85 Å². The summed E-state index contributed by atoms with van der Waals surface area (Å²) in [5.74, 6) is 0.0181. The van der Waals surface area contributed by atoms with Gasteiger partial charge in [0.1, 0.15) is 0 Å². The lowest BCUT2D eigenvalue weighted by atomic mass is 10.4. The molecular formula is C20H29O3PSi. The fourth-order valence-corrected chi connectivity index (χ4v) is 8.12. The van der Waals surface area contributed by atoms with Crippen LogP contribution in [-0.2, 0) is 13.3 Å². The summed E-state index contributed by atoms with van der Waals surface area (Å²) in [4.78, 5) is 0. The molecule has 0 fully saturated rings. The maximum atomic E-state index is 6.56. The van der Waals surface area contributed by atoms with Crippen LogP contribution < -0.4 is 10.6 Å². The van der Waals surface area contributed by atoms with Gasteiger partial charge in [0.25, 0.3) is 0 Å². The lowest BCUT2D eigenvalue weighted by molar-refractivity contribution is 0.0629. The van der Waals surface area contributed by atoms with Crippen molar-refractivity contribution in [2.75, 3.05) is 13.2 Å². The smallest absolute Gasteiger partial charge is 0.374 e. The lowest BCUT2D eigenvalue weighted by Gasteiger charge is -2.34. The molecule has 2 rings (SSSR count). The molecule has 0 amide bonds. The van der Waals surface area contributed by atoms with Crippen molar-refractivity contribution in [2.24, 2.45) is 0 Å². The Labute approximate surface area is 154 Å². The van der Waals surface area contributed by atoms with Crippen LogP contribution >= 0.6 is 7.92 Å². The van der Waals surface area contributed by atoms with Crippen molar-refractivity contribution in [3.63, 3.8) is 0 Å². The molecule has 0 aliphatic heterocycles. The Morgan fingerprint density at radius 3 is 1.60 bits per heavy atom. The largest absolute Gasteiger partial charge is 0.501 e. The second-order valence-electron chi connectivity index (χ2n) is 5.66. The first kappa shape index (κ1) is 20.3. The van der Waals surface area contributed by atoms with E-state index in [1.165, 1.54) is 10.6 Å². The van der Waals surface area contributed by atoms with Crippen LogP contribution in [0.2, 0.25) is 6.04 Å². The normalized spacial score (nSPS) is 13.2. The highest BCUT2D eigenvalue weighted by molar-refractivity contribution is 7.73. The molecule has 1 unspecified atom stereocenters. The van der Waals surface area contributed by atoms with Crippen molar-refractivity contribution < 1.29 is 13.3 Å². The topological polar surface area (TPSA) is 27.7 Å². The predicted molar refractivity (Wildman–Crippen MR) is 109 cm³/mol. The number of hydrogen-bond acceptors (Lipinski definition) is 3. The maximum absolute atomic E-state index is 6.56. The van der Waals surface area contributed by atoms with Gasteiger partial charge in [0.15, 0.2) is 0 Å². The fourth-order valence-electron chi connectivity index (χ4n) is 2.90. The molecule has 136 valence electrons. The average molecular weight is 377 g/mol. The molecule has 0 aromatic heterocycles. The molecule has 2 aromatic carbocycles. The minimum atomic E-state index is -2.64. The summed E-state index contributed by atoms with van der Waals surface area (Å²) in [5.41, 5.74) is 0. The minimum absolute atomic E-state index is 0.0181. The van der Waals surface area contributed by atoms with Gasteiger partial charge in [-0.25, -0.2) is 0 Å². The van der Waals surface area contributed by atoms with Crippen molar-refractivity contribution in [3.05, 3.63) is 60.7 Å². The third-order valence-corrected chi connectivity index (χ3v) is 9.72. The zero-order valence-corrected chi connectivity index (χ0v) is 17.5. The van der Waals surface area contributed by atoms with Gasteiger partial charge in [0.2, 0.25) is 0 Å². The third kappa shape index (κ3) is 5.47. The molecule has 0 aliphatic rings. The van der Waals surface area contributed by atoms with Gasteiger partial charge in [-0.15, -0.1) is 0 Å². The standard InChI is InChI=1S/C20H29O3PSi/c1-5-21-25(7-3,22-6-2)23-18(4)24(19-14-10-8-11-15-19)20-16-12-9-13-17-20/h8-18H,5-7H2,1-4H3. The van der Waals surface area contributed by atoms with Crippen molar-refractivity contribution in [1.82, 2.24) is 0 Å². The van der Waals surface area contributed by atoms with Gasteiger partial charge in [0, 0.05) is 19.3 Å². The van der Waals surface area contributed by atoms with Gasteiger partial charge in [-0.1, -0.05) is 67.6 Å². The molecule has 0 heterocycles. The highest BCUT2D eigenvalue weighted by Gasteiger charge is 2.42. The van der Waals surface area contributed by atoms with E-state index in [0.29, 0.717) is 13.2 Å². The van der Waals surface area contributed by atoms with Gasteiger partial charge >= 0.3 is 8.80 Å². The number of benzene rings is 2. The monoisotopic (exact) mass is 376 g/mol. The molecule has 0 saturated carbocycles.